The van der Waals surface area contributed by atoms with Crippen molar-refractivity contribution in [3.8, 4) is 0 Å². The van der Waals surface area contributed by atoms with Crippen LogP contribution in [0.3, 0.4) is 0 Å². The Balaban J connectivity index is 1.86. The third kappa shape index (κ3) is 2.50. The lowest BCUT2D eigenvalue weighted by atomic mass is 9.98. The van der Waals surface area contributed by atoms with Crippen molar-refractivity contribution in [2.24, 2.45) is 0 Å². The van der Waals surface area contributed by atoms with Crippen LogP contribution < -0.4 is 5.32 Å². The normalized spacial score (nSPS) is 17.3. The molecule has 20 heavy (non-hydrogen) atoms. The smallest absolute Gasteiger partial charge is 0.263 e. The molecule has 1 aliphatic carbocycles. The van der Waals surface area contributed by atoms with Crippen LogP contribution in [0.15, 0.2) is 11.6 Å². The summed E-state index contributed by atoms with van der Waals surface area (Å²) in [5.41, 5.74) is 0.757. The van der Waals surface area contributed by atoms with Crippen LogP contribution in [0.4, 0.5) is 0 Å². The molecular formula is C14H17N3OS2. The topological polar surface area (TPSA) is 54.9 Å². The molecule has 0 saturated heterocycles. The van der Waals surface area contributed by atoms with Gasteiger partial charge in [-0.1, -0.05) is 12.8 Å². The Kier molecular flexibility index (Phi) is 3.60. The predicted molar refractivity (Wildman–Crippen MR) is 81.3 cm³/mol. The van der Waals surface area contributed by atoms with E-state index < -0.39 is 0 Å². The predicted octanol–water partition coefficient (Wildman–Crippen LogP) is 3.42. The van der Waals surface area contributed by atoms with E-state index >= 15 is 0 Å². The van der Waals surface area contributed by atoms with E-state index in [0.717, 1.165) is 41.4 Å². The van der Waals surface area contributed by atoms with Crippen molar-refractivity contribution in [3.05, 3.63) is 32.2 Å². The number of carbonyl (C=O) groups is 1. The van der Waals surface area contributed by atoms with Gasteiger partial charge < -0.3 is 5.32 Å². The molecule has 0 atom stereocenters. The zero-order valence-corrected chi connectivity index (χ0v) is 13.2. The van der Waals surface area contributed by atoms with Crippen molar-refractivity contribution in [2.45, 2.75) is 45.1 Å². The maximum Gasteiger partial charge on any atom is 0.263 e. The van der Waals surface area contributed by atoms with E-state index in [-0.39, 0.29) is 11.4 Å². The van der Waals surface area contributed by atoms with Gasteiger partial charge in [-0.3, -0.25) is 4.79 Å². The van der Waals surface area contributed by atoms with E-state index in [2.05, 4.69) is 20.7 Å². The summed E-state index contributed by atoms with van der Waals surface area (Å²) in [6, 6.07) is 0. The van der Waals surface area contributed by atoms with E-state index in [1.54, 1.807) is 17.5 Å². The second-order valence-corrected chi connectivity index (χ2v) is 7.37. The van der Waals surface area contributed by atoms with Crippen LogP contribution in [0.2, 0.25) is 0 Å². The SMILES string of the molecule is Cc1csc(C2(NC(=O)c3cnc(C)s3)CCCC2)n1. The molecule has 106 valence electrons. The third-order valence-corrected chi connectivity index (χ3v) is 5.76. The van der Waals surface area contributed by atoms with Crippen LogP contribution in [0.25, 0.3) is 0 Å². The molecule has 3 rings (SSSR count). The lowest BCUT2D eigenvalue weighted by Crippen LogP contribution is -2.43. The first kappa shape index (κ1) is 13.7. The van der Waals surface area contributed by atoms with Crippen LogP contribution in [-0.4, -0.2) is 15.9 Å². The van der Waals surface area contributed by atoms with E-state index in [0.29, 0.717) is 4.88 Å². The maximum atomic E-state index is 12.4. The van der Waals surface area contributed by atoms with Crippen molar-refractivity contribution >= 4 is 28.6 Å². The number of carbonyl (C=O) groups excluding carboxylic acids is 1. The first-order valence-corrected chi connectivity index (χ1v) is 8.46. The summed E-state index contributed by atoms with van der Waals surface area (Å²) in [7, 11) is 0. The monoisotopic (exact) mass is 307 g/mol. The van der Waals surface area contributed by atoms with Crippen molar-refractivity contribution in [1.82, 2.24) is 15.3 Å². The molecule has 1 aliphatic rings. The van der Waals surface area contributed by atoms with Crippen LogP contribution >= 0.6 is 22.7 Å². The van der Waals surface area contributed by atoms with Gasteiger partial charge in [-0.25, -0.2) is 9.97 Å². The zero-order chi connectivity index (χ0) is 14.2. The summed E-state index contributed by atoms with van der Waals surface area (Å²) < 4.78 is 0. The summed E-state index contributed by atoms with van der Waals surface area (Å²) in [5, 5.41) is 7.25. The molecule has 1 N–H and O–H groups in total. The van der Waals surface area contributed by atoms with E-state index in [1.165, 1.54) is 11.3 Å². The molecule has 1 fully saturated rings. The van der Waals surface area contributed by atoms with Crippen LogP contribution in [-0.2, 0) is 5.54 Å². The minimum absolute atomic E-state index is 0.0228. The fourth-order valence-electron chi connectivity index (χ4n) is 2.69. The summed E-state index contributed by atoms with van der Waals surface area (Å²) in [5.74, 6) is -0.0228. The first-order chi connectivity index (χ1) is 9.59. The highest BCUT2D eigenvalue weighted by atomic mass is 32.1. The minimum atomic E-state index is -0.270. The summed E-state index contributed by atoms with van der Waals surface area (Å²) in [4.78, 5) is 21.9. The van der Waals surface area contributed by atoms with Gasteiger partial charge in [-0.2, -0.15) is 0 Å². The van der Waals surface area contributed by atoms with Gasteiger partial charge in [0.1, 0.15) is 9.88 Å². The molecule has 2 heterocycles. The molecule has 0 bridgehead atoms. The first-order valence-electron chi connectivity index (χ1n) is 6.77. The van der Waals surface area contributed by atoms with E-state index in [4.69, 9.17) is 0 Å². The second kappa shape index (κ2) is 5.26. The zero-order valence-electron chi connectivity index (χ0n) is 11.6. The highest BCUT2D eigenvalue weighted by Crippen LogP contribution is 2.40. The fraction of sp³-hybridized carbons (Fsp3) is 0.500. The van der Waals surface area contributed by atoms with Crippen molar-refractivity contribution in [2.75, 3.05) is 0 Å². The number of amides is 1. The van der Waals surface area contributed by atoms with Gasteiger partial charge in [0.05, 0.1) is 16.7 Å². The van der Waals surface area contributed by atoms with Crippen molar-refractivity contribution in [1.29, 1.82) is 0 Å². The maximum absolute atomic E-state index is 12.4. The largest absolute Gasteiger partial charge is 0.339 e. The number of aromatic nitrogens is 2. The van der Waals surface area contributed by atoms with Gasteiger partial charge in [0.2, 0.25) is 0 Å². The summed E-state index contributed by atoms with van der Waals surface area (Å²) in [6.07, 6.45) is 5.89. The third-order valence-electron chi connectivity index (χ3n) is 3.68. The Labute approximate surface area is 126 Å². The number of hydrogen-bond acceptors (Lipinski definition) is 5. The Bertz CT molecular complexity index is 626. The quantitative estimate of drug-likeness (QED) is 0.945. The van der Waals surface area contributed by atoms with Gasteiger partial charge in [0.25, 0.3) is 5.91 Å². The molecule has 1 saturated carbocycles. The minimum Gasteiger partial charge on any atom is -0.339 e. The molecule has 4 nitrogen and oxygen atoms in total. The molecule has 1 amide bonds. The van der Waals surface area contributed by atoms with Gasteiger partial charge in [0, 0.05) is 11.1 Å². The van der Waals surface area contributed by atoms with Gasteiger partial charge in [0.15, 0.2) is 0 Å². The van der Waals surface area contributed by atoms with E-state index in [1.807, 2.05) is 13.8 Å². The highest BCUT2D eigenvalue weighted by molar-refractivity contribution is 7.13. The lowest BCUT2D eigenvalue weighted by Gasteiger charge is -2.27. The molecule has 0 aliphatic heterocycles. The van der Waals surface area contributed by atoms with Crippen LogP contribution in [0.5, 0.6) is 0 Å². The Morgan fingerprint density at radius 2 is 2.10 bits per heavy atom. The molecule has 2 aromatic heterocycles. The molecule has 2 aromatic rings. The standard InChI is InChI=1S/C14H17N3OS2/c1-9-8-19-13(16-9)14(5-3-4-6-14)17-12(18)11-7-15-10(2)20-11/h7-8H,3-6H2,1-2H3,(H,17,18). The summed E-state index contributed by atoms with van der Waals surface area (Å²) in [6.45, 7) is 3.91. The Morgan fingerprint density at radius 1 is 1.35 bits per heavy atom. The molecule has 6 heteroatoms. The second-order valence-electron chi connectivity index (χ2n) is 5.28. The Morgan fingerprint density at radius 3 is 2.65 bits per heavy atom. The molecule has 0 aromatic carbocycles. The average Bonchev–Trinajstić information content (AvgIpc) is 3.10. The summed E-state index contributed by atoms with van der Waals surface area (Å²) >= 11 is 3.09. The fourth-order valence-corrected chi connectivity index (χ4v) is 4.38. The number of nitrogens with zero attached hydrogens (tertiary/aromatic N) is 2. The lowest BCUT2D eigenvalue weighted by molar-refractivity contribution is 0.0902. The molecule has 0 spiro atoms. The highest BCUT2D eigenvalue weighted by Gasteiger charge is 2.39. The molecule has 0 radical (unpaired) electrons. The van der Waals surface area contributed by atoms with Crippen molar-refractivity contribution < 1.29 is 4.79 Å². The molecule has 0 unspecified atom stereocenters. The number of aryl methyl sites for hydroxylation is 2. The number of hydrogen-bond donors (Lipinski definition) is 1. The molecular weight excluding hydrogens is 290 g/mol. The van der Waals surface area contributed by atoms with Gasteiger partial charge in [-0.15, -0.1) is 22.7 Å². The van der Waals surface area contributed by atoms with Crippen LogP contribution in [0, 0.1) is 13.8 Å². The van der Waals surface area contributed by atoms with Crippen LogP contribution in [0.1, 0.15) is 51.1 Å². The van der Waals surface area contributed by atoms with Gasteiger partial charge >= 0.3 is 0 Å². The van der Waals surface area contributed by atoms with Crippen molar-refractivity contribution in [3.63, 3.8) is 0 Å². The number of rotatable bonds is 3. The van der Waals surface area contributed by atoms with E-state index in [9.17, 15) is 4.79 Å². The van der Waals surface area contributed by atoms with Gasteiger partial charge in [-0.05, 0) is 26.7 Å². The Hall–Kier alpha value is -1.27. The number of thiazole rings is 2. The number of nitrogens with one attached hydrogen (secondary N) is 1. The average molecular weight is 307 g/mol.